The predicted molar refractivity (Wildman–Crippen MR) is 92.6 cm³/mol. The minimum Gasteiger partial charge on any atom is -0.350 e. The van der Waals surface area contributed by atoms with Crippen LogP contribution in [0.25, 0.3) is 10.6 Å². The lowest BCUT2D eigenvalue weighted by Gasteiger charge is -2.23. The first kappa shape index (κ1) is 17.2. The number of thiazole rings is 1. The van der Waals surface area contributed by atoms with E-state index >= 15 is 0 Å². The molecule has 0 spiro atoms. The molecule has 22 heavy (non-hydrogen) atoms. The predicted octanol–water partition coefficient (Wildman–Crippen LogP) is 3.51. The monoisotopic (exact) mass is 357 g/mol. The molecule has 0 radical (unpaired) electrons. The Kier molecular flexibility index (Phi) is 5.45. The van der Waals surface area contributed by atoms with Gasteiger partial charge in [-0.15, -0.1) is 11.3 Å². The molecule has 4 nitrogen and oxygen atoms in total. The van der Waals surface area contributed by atoms with Crippen LogP contribution < -0.4 is 11.1 Å². The zero-order chi connectivity index (χ0) is 16.3. The topological polar surface area (TPSA) is 68.0 Å². The van der Waals surface area contributed by atoms with E-state index in [0.717, 1.165) is 10.6 Å². The molecule has 0 aliphatic rings. The van der Waals surface area contributed by atoms with Crippen molar-refractivity contribution in [3.8, 4) is 10.6 Å². The lowest BCUT2D eigenvalue weighted by Crippen LogP contribution is -2.49. The molecular formula is C15H17Cl2N3OS. The molecule has 2 rings (SSSR count). The van der Waals surface area contributed by atoms with Gasteiger partial charge >= 0.3 is 0 Å². The van der Waals surface area contributed by atoms with E-state index in [9.17, 15) is 4.79 Å². The molecule has 1 heterocycles. The van der Waals surface area contributed by atoms with Crippen molar-refractivity contribution in [1.82, 2.24) is 10.3 Å². The Labute approximate surface area is 143 Å². The van der Waals surface area contributed by atoms with E-state index in [4.69, 9.17) is 28.9 Å². The van der Waals surface area contributed by atoms with Gasteiger partial charge in [-0.25, -0.2) is 4.98 Å². The lowest BCUT2D eigenvalue weighted by atomic mass is 10.1. The van der Waals surface area contributed by atoms with Gasteiger partial charge in [-0.3, -0.25) is 4.79 Å². The maximum absolute atomic E-state index is 12.0. The highest BCUT2D eigenvalue weighted by Crippen LogP contribution is 2.32. The summed E-state index contributed by atoms with van der Waals surface area (Å²) in [6.07, 6.45) is 0.213. The summed E-state index contributed by atoms with van der Waals surface area (Å²) in [5.74, 6) is -0.102. The van der Waals surface area contributed by atoms with E-state index in [-0.39, 0.29) is 12.3 Å². The van der Waals surface area contributed by atoms with Crippen molar-refractivity contribution in [2.24, 2.45) is 5.73 Å². The van der Waals surface area contributed by atoms with E-state index < -0.39 is 5.54 Å². The van der Waals surface area contributed by atoms with Crippen LogP contribution in [-0.4, -0.2) is 23.0 Å². The van der Waals surface area contributed by atoms with Gasteiger partial charge in [0.05, 0.1) is 17.1 Å². The second-order valence-electron chi connectivity index (χ2n) is 5.58. The summed E-state index contributed by atoms with van der Waals surface area (Å²) in [7, 11) is 0. The van der Waals surface area contributed by atoms with Crippen LogP contribution >= 0.6 is 34.5 Å². The normalized spacial score (nSPS) is 11.5. The average Bonchev–Trinajstić information content (AvgIpc) is 2.86. The molecule has 0 bridgehead atoms. The summed E-state index contributed by atoms with van der Waals surface area (Å²) in [5, 5.41) is 6.62. The van der Waals surface area contributed by atoms with Gasteiger partial charge in [0, 0.05) is 28.0 Å². The number of nitrogens with two attached hydrogens (primary N) is 1. The van der Waals surface area contributed by atoms with Gasteiger partial charge in [0.2, 0.25) is 5.91 Å². The first-order chi connectivity index (χ1) is 10.3. The molecule has 0 saturated carbocycles. The van der Waals surface area contributed by atoms with E-state index in [1.165, 1.54) is 11.3 Å². The molecule has 1 amide bonds. The summed E-state index contributed by atoms with van der Waals surface area (Å²) in [5.41, 5.74) is 6.70. The van der Waals surface area contributed by atoms with Crippen LogP contribution in [0.4, 0.5) is 0 Å². The van der Waals surface area contributed by atoms with Gasteiger partial charge in [0.15, 0.2) is 0 Å². The minimum absolute atomic E-state index is 0.102. The Morgan fingerprint density at radius 2 is 2.14 bits per heavy atom. The van der Waals surface area contributed by atoms with Crippen LogP contribution in [0.5, 0.6) is 0 Å². The SMILES string of the molecule is CC(C)(CN)NC(=O)Cc1csc(-c2ccc(Cl)cc2Cl)n1. The number of carbonyl (C=O) groups is 1. The quantitative estimate of drug-likeness (QED) is 0.859. The second-order valence-corrected chi connectivity index (χ2v) is 7.28. The van der Waals surface area contributed by atoms with Crippen molar-refractivity contribution in [2.75, 3.05) is 6.54 Å². The third kappa shape index (κ3) is 4.43. The fourth-order valence-electron chi connectivity index (χ4n) is 1.81. The molecule has 0 aliphatic carbocycles. The Bertz CT molecular complexity index is 685. The van der Waals surface area contributed by atoms with Crippen molar-refractivity contribution >= 4 is 40.4 Å². The number of nitrogens with zero attached hydrogens (tertiary/aromatic N) is 1. The number of benzene rings is 1. The number of carbonyl (C=O) groups excluding carboxylic acids is 1. The number of rotatable bonds is 5. The van der Waals surface area contributed by atoms with Gasteiger partial charge in [0.1, 0.15) is 5.01 Å². The van der Waals surface area contributed by atoms with Crippen molar-refractivity contribution in [3.63, 3.8) is 0 Å². The number of hydrogen-bond acceptors (Lipinski definition) is 4. The van der Waals surface area contributed by atoms with Crippen molar-refractivity contribution < 1.29 is 4.79 Å². The van der Waals surface area contributed by atoms with Crippen LogP contribution in [0.15, 0.2) is 23.6 Å². The summed E-state index contributed by atoms with van der Waals surface area (Å²) in [6, 6.07) is 5.27. The highest BCUT2D eigenvalue weighted by atomic mass is 35.5. The standard InChI is InChI=1S/C15H17Cl2N3OS/c1-15(2,8-18)20-13(21)6-10-7-22-14(19-10)11-4-3-9(16)5-12(11)17/h3-5,7H,6,8,18H2,1-2H3,(H,20,21). The first-order valence-corrected chi connectivity index (χ1v) is 8.35. The van der Waals surface area contributed by atoms with Gasteiger partial charge in [-0.1, -0.05) is 23.2 Å². The van der Waals surface area contributed by atoms with E-state index in [2.05, 4.69) is 10.3 Å². The van der Waals surface area contributed by atoms with Crippen LogP contribution in [0, 0.1) is 0 Å². The molecule has 2 aromatic rings. The van der Waals surface area contributed by atoms with Crippen molar-refractivity contribution in [1.29, 1.82) is 0 Å². The van der Waals surface area contributed by atoms with Crippen LogP contribution in [0.1, 0.15) is 19.5 Å². The van der Waals surface area contributed by atoms with Crippen molar-refractivity contribution in [2.45, 2.75) is 25.8 Å². The van der Waals surface area contributed by atoms with Gasteiger partial charge in [-0.2, -0.15) is 0 Å². The summed E-state index contributed by atoms with van der Waals surface area (Å²) < 4.78 is 0. The molecule has 3 N–H and O–H groups in total. The fourth-order valence-corrected chi connectivity index (χ4v) is 3.22. The van der Waals surface area contributed by atoms with Gasteiger partial charge in [-0.05, 0) is 32.0 Å². The largest absolute Gasteiger partial charge is 0.350 e. The number of aromatic nitrogens is 1. The lowest BCUT2D eigenvalue weighted by molar-refractivity contribution is -0.121. The zero-order valence-corrected chi connectivity index (χ0v) is 14.6. The zero-order valence-electron chi connectivity index (χ0n) is 12.3. The minimum atomic E-state index is -0.421. The third-order valence-electron chi connectivity index (χ3n) is 3.04. The fraction of sp³-hybridized carbons (Fsp3) is 0.333. The number of hydrogen-bond donors (Lipinski definition) is 2. The molecule has 0 fully saturated rings. The highest BCUT2D eigenvalue weighted by molar-refractivity contribution is 7.13. The van der Waals surface area contributed by atoms with Crippen LogP contribution in [0.2, 0.25) is 10.0 Å². The molecule has 1 aromatic heterocycles. The Morgan fingerprint density at radius 3 is 2.77 bits per heavy atom. The van der Waals surface area contributed by atoms with Crippen LogP contribution in [-0.2, 0) is 11.2 Å². The van der Waals surface area contributed by atoms with Gasteiger partial charge < -0.3 is 11.1 Å². The van der Waals surface area contributed by atoms with Crippen molar-refractivity contribution in [3.05, 3.63) is 39.3 Å². The second kappa shape index (κ2) is 6.96. The summed E-state index contributed by atoms with van der Waals surface area (Å²) in [6.45, 7) is 4.14. The third-order valence-corrected chi connectivity index (χ3v) is 4.52. The average molecular weight is 358 g/mol. The molecule has 1 aromatic carbocycles. The van der Waals surface area contributed by atoms with E-state index in [1.54, 1.807) is 12.1 Å². The van der Waals surface area contributed by atoms with Gasteiger partial charge in [0.25, 0.3) is 0 Å². The Hall–Kier alpha value is -1.14. The van der Waals surface area contributed by atoms with Crippen LogP contribution in [0.3, 0.4) is 0 Å². The highest BCUT2D eigenvalue weighted by Gasteiger charge is 2.19. The summed E-state index contributed by atoms with van der Waals surface area (Å²) in [4.78, 5) is 16.5. The Morgan fingerprint density at radius 1 is 1.41 bits per heavy atom. The molecule has 0 unspecified atom stereocenters. The Balaban J connectivity index is 2.10. The number of amides is 1. The first-order valence-electron chi connectivity index (χ1n) is 6.71. The maximum atomic E-state index is 12.0. The van der Waals surface area contributed by atoms with E-state index in [0.29, 0.717) is 22.3 Å². The molecular weight excluding hydrogens is 341 g/mol. The molecule has 118 valence electrons. The summed E-state index contributed by atoms with van der Waals surface area (Å²) >= 11 is 13.5. The molecule has 7 heteroatoms. The molecule has 0 saturated heterocycles. The maximum Gasteiger partial charge on any atom is 0.226 e. The smallest absolute Gasteiger partial charge is 0.226 e. The molecule has 0 aliphatic heterocycles. The molecule has 0 atom stereocenters. The van der Waals surface area contributed by atoms with E-state index in [1.807, 2.05) is 25.3 Å². The number of halogens is 2. The number of nitrogens with one attached hydrogen (secondary N) is 1.